The van der Waals surface area contributed by atoms with Crippen molar-refractivity contribution >= 4 is 5.97 Å². The first-order chi connectivity index (χ1) is 13.2. The van der Waals surface area contributed by atoms with Crippen LogP contribution in [0, 0.1) is 11.8 Å². The van der Waals surface area contributed by atoms with E-state index >= 15 is 0 Å². The van der Waals surface area contributed by atoms with E-state index < -0.39 is 6.29 Å². The predicted molar refractivity (Wildman–Crippen MR) is 97.1 cm³/mol. The molecule has 0 radical (unpaired) electrons. The molecule has 27 heavy (non-hydrogen) atoms. The average Bonchev–Trinajstić information content (AvgIpc) is 3.35. The van der Waals surface area contributed by atoms with Crippen LogP contribution >= 0.6 is 0 Å². The number of esters is 1. The highest BCUT2D eigenvalue weighted by atomic mass is 16.7. The lowest BCUT2D eigenvalue weighted by Gasteiger charge is -2.34. The third-order valence-electron chi connectivity index (χ3n) is 5.12. The van der Waals surface area contributed by atoms with Crippen LogP contribution in [0.5, 0.6) is 0 Å². The van der Waals surface area contributed by atoms with Crippen molar-refractivity contribution in [2.24, 2.45) is 11.8 Å². The molecule has 2 aromatic rings. The number of nitrogens with zero attached hydrogens (tertiary/aromatic N) is 3. The van der Waals surface area contributed by atoms with Gasteiger partial charge in [-0.25, -0.2) is 9.48 Å². The number of carbonyl (C=O) groups is 1. The minimum absolute atomic E-state index is 0.0109. The molecule has 0 fully saturated rings. The molecule has 7 nitrogen and oxygen atoms in total. The van der Waals surface area contributed by atoms with Gasteiger partial charge in [0.25, 0.3) is 0 Å². The summed E-state index contributed by atoms with van der Waals surface area (Å²) in [6, 6.07) is 9.92. The lowest BCUT2D eigenvalue weighted by Crippen LogP contribution is -2.37. The Morgan fingerprint density at radius 2 is 2.11 bits per heavy atom. The maximum Gasteiger partial charge on any atom is 0.337 e. The molecular formula is C20H21N3O4. The minimum atomic E-state index is -0.436. The van der Waals surface area contributed by atoms with Crippen LogP contribution in [0.2, 0.25) is 0 Å². The van der Waals surface area contributed by atoms with Crippen LogP contribution in [0.3, 0.4) is 0 Å². The largest absolute Gasteiger partial charge is 0.471 e. The van der Waals surface area contributed by atoms with Gasteiger partial charge >= 0.3 is 5.97 Å². The summed E-state index contributed by atoms with van der Waals surface area (Å²) in [5.74, 6) is -0.428. The van der Waals surface area contributed by atoms with E-state index in [-0.39, 0.29) is 17.8 Å². The maximum absolute atomic E-state index is 12.1. The van der Waals surface area contributed by atoms with Gasteiger partial charge in [-0.05, 0) is 12.0 Å². The molecule has 0 amide bonds. The van der Waals surface area contributed by atoms with Crippen molar-refractivity contribution in [3.05, 3.63) is 60.0 Å². The average molecular weight is 367 g/mol. The Bertz CT molecular complexity index is 888. The zero-order chi connectivity index (χ0) is 18.8. The summed E-state index contributed by atoms with van der Waals surface area (Å²) in [5.41, 5.74) is 3.51. The van der Waals surface area contributed by atoms with Crippen molar-refractivity contribution in [2.75, 3.05) is 14.2 Å². The van der Waals surface area contributed by atoms with Crippen molar-refractivity contribution in [1.29, 1.82) is 0 Å². The van der Waals surface area contributed by atoms with Gasteiger partial charge in [0.1, 0.15) is 5.69 Å². The van der Waals surface area contributed by atoms with Gasteiger partial charge < -0.3 is 14.2 Å². The third kappa shape index (κ3) is 3.26. The summed E-state index contributed by atoms with van der Waals surface area (Å²) in [6.07, 6.45) is 5.84. The van der Waals surface area contributed by atoms with Crippen molar-refractivity contribution in [1.82, 2.24) is 15.0 Å². The smallest absolute Gasteiger partial charge is 0.337 e. The van der Waals surface area contributed by atoms with Crippen LogP contribution in [0.25, 0.3) is 11.3 Å². The van der Waals surface area contributed by atoms with E-state index in [0.717, 1.165) is 23.3 Å². The molecule has 2 heterocycles. The third-order valence-corrected chi connectivity index (χ3v) is 5.12. The second kappa shape index (κ2) is 7.36. The fourth-order valence-electron chi connectivity index (χ4n) is 3.81. The normalized spacial score (nSPS) is 23.9. The van der Waals surface area contributed by atoms with E-state index in [0.29, 0.717) is 12.1 Å². The van der Waals surface area contributed by atoms with Gasteiger partial charge in [0, 0.05) is 18.6 Å². The minimum Gasteiger partial charge on any atom is -0.471 e. The molecule has 1 aliphatic carbocycles. The first-order valence-electron chi connectivity index (χ1n) is 8.82. The van der Waals surface area contributed by atoms with Gasteiger partial charge in [-0.1, -0.05) is 41.6 Å². The highest BCUT2D eigenvalue weighted by Crippen LogP contribution is 2.44. The molecule has 2 aliphatic rings. The molecule has 0 spiro atoms. The van der Waals surface area contributed by atoms with Crippen molar-refractivity contribution in [3.63, 3.8) is 0 Å². The standard InChI is InChI=1S/C20H21N3O4/c1-25-19(24)16-12-27-20(26-2)18-14(8-9-15(16)18)10-23-11-17(21-22-23)13-6-4-3-5-7-13/h3-8,11-12,15,18,20H,9-10H2,1-2H3/t15-,18-,20-/m1/s1. The van der Waals surface area contributed by atoms with Gasteiger partial charge in [0.2, 0.25) is 6.29 Å². The van der Waals surface area contributed by atoms with Crippen LogP contribution in [0.15, 0.2) is 60.0 Å². The first kappa shape index (κ1) is 17.5. The van der Waals surface area contributed by atoms with E-state index in [1.165, 1.54) is 13.4 Å². The number of benzene rings is 1. The van der Waals surface area contributed by atoms with Crippen LogP contribution < -0.4 is 0 Å². The Morgan fingerprint density at radius 1 is 1.30 bits per heavy atom. The SMILES string of the molecule is COC(=O)C1=CO[C@@H](OC)[C@@H]2C(Cn3cc(-c4ccccc4)nn3)=CC[C@H]12. The highest BCUT2D eigenvalue weighted by molar-refractivity contribution is 5.89. The zero-order valence-corrected chi connectivity index (χ0v) is 15.2. The number of methoxy groups -OCH3 is 2. The number of hydrogen-bond acceptors (Lipinski definition) is 6. The van der Waals surface area contributed by atoms with Gasteiger partial charge in [0.15, 0.2) is 0 Å². The Hall–Kier alpha value is -2.93. The second-order valence-electron chi connectivity index (χ2n) is 6.62. The Morgan fingerprint density at radius 3 is 2.85 bits per heavy atom. The Kier molecular flexibility index (Phi) is 4.77. The summed E-state index contributed by atoms with van der Waals surface area (Å²) in [4.78, 5) is 12.1. The molecule has 1 aliphatic heterocycles. The Balaban J connectivity index is 1.54. The van der Waals surface area contributed by atoms with Gasteiger partial charge in [-0.15, -0.1) is 5.10 Å². The van der Waals surface area contributed by atoms with E-state index in [1.807, 2.05) is 36.5 Å². The summed E-state index contributed by atoms with van der Waals surface area (Å²) in [6.45, 7) is 0.568. The van der Waals surface area contributed by atoms with Crippen LogP contribution in [-0.4, -0.2) is 41.5 Å². The molecule has 3 atom stereocenters. The number of aromatic nitrogens is 3. The molecular weight excluding hydrogens is 346 g/mol. The highest BCUT2D eigenvalue weighted by Gasteiger charge is 2.44. The zero-order valence-electron chi connectivity index (χ0n) is 15.2. The first-order valence-corrected chi connectivity index (χ1v) is 8.82. The number of ether oxygens (including phenoxy) is 3. The topological polar surface area (TPSA) is 75.5 Å². The maximum atomic E-state index is 12.1. The molecule has 0 saturated carbocycles. The number of fused-ring (bicyclic) bond motifs is 1. The number of hydrogen-bond donors (Lipinski definition) is 0. The summed E-state index contributed by atoms with van der Waals surface area (Å²) < 4.78 is 17.9. The van der Waals surface area contributed by atoms with Crippen molar-refractivity contribution < 1.29 is 19.0 Å². The molecule has 0 saturated heterocycles. The van der Waals surface area contributed by atoms with Gasteiger partial charge in [-0.2, -0.15) is 0 Å². The molecule has 1 aromatic carbocycles. The summed E-state index contributed by atoms with van der Waals surface area (Å²) in [7, 11) is 2.99. The lowest BCUT2D eigenvalue weighted by molar-refractivity contribution is -0.146. The number of rotatable bonds is 5. The molecule has 4 rings (SSSR count). The van der Waals surface area contributed by atoms with E-state index in [2.05, 4.69) is 16.4 Å². The fraction of sp³-hybridized carbons (Fsp3) is 0.350. The lowest BCUT2D eigenvalue weighted by atomic mass is 9.83. The van der Waals surface area contributed by atoms with E-state index in [4.69, 9.17) is 14.2 Å². The van der Waals surface area contributed by atoms with Crippen molar-refractivity contribution in [3.8, 4) is 11.3 Å². The van der Waals surface area contributed by atoms with Crippen LogP contribution in [-0.2, 0) is 25.5 Å². The Labute approximate surface area is 157 Å². The molecule has 7 heteroatoms. The molecule has 140 valence electrons. The quantitative estimate of drug-likeness (QED) is 0.597. The molecule has 0 unspecified atom stereocenters. The van der Waals surface area contributed by atoms with E-state index in [1.54, 1.807) is 11.8 Å². The van der Waals surface area contributed by atoms with Crippen molar-refractivity contribution in [2.45, 2.75) is 19.3 Å². The molecule has 0 N–H and O–H groups in total. The fourth-order valence-corrected chi connectivity index (χ4v) is 3.81. The van der Waals surface area contributed by atoms with E-state index in [9.17, 15) is 4.79 Å². The van der Waals surface area contributed by atoms with Crippen LogP contribution in [0.1, 0.15) is 6.42 Å². The monoisotopic (exact) mass is 367 g/mol. The second-order valence-corrected chi connectivity index (χ2v) is 6.62. The number of carbonyl (C=O) groups excluding carboxylic acids is 1. The van der Waals surface area contributed by atoms with Crippen LogP contribution in [0.4, 0.5) is 0 Å². The van der Waals surface area contributed by atoms with Gasteiger partial charge in [-0.3, -0.25) is 0 Å². The predicted octanol–water partition coefficient (Wildman–Crippen LogP) is 2.57. The molecule has 1 aromatic heterocycles. The molecule has 0 bridgehead atoms. The summed E-state index contributed by atoms with van der Waals surface area (Å²) in [5, 5.41) is 8.52. The summed E-state index contributed by atoms with van der Waals surface area (Å²) >= 11 is 0. The van der Waals surface area contributed by atoms with Gasteiger partial charge in [0.05, 0.1) is 37.6 Å². The number of allylic oxidation sites excluding steroid dienone is 1.